The van der Waals surface area contributed by atoms with Crippen LogP contribution < -0.4 is 5.43 Å². The van der Waals surface area contributed by atoms with Gasteiger partial charge in [-0.25, -0.2) is 9.59 Å². The highest BCUT2D eigenvalue weighted by Crippen LogP contribution is 2.25. The smallest absolute Gasteiger partial charge is 0.337 e. The molecule has 0 aliphatic rings. The molecule has 0 amide bonds. The van der Waals surface area contributed by atoms with E-state index in [9.17, 15) is 14.7 Å². The van der Waals surface area contributed by atoms with Crippen LogP contribution in [-0.2, 0) is 0 Å². The summed E-state index contributed by atoms with van der Waals surface area (Å²) in [5, 5.41) is 22.4. The highest BCUT2D eigenvalue weighted by Gasteiger charge is 2.13. The van der Waals surface area contributed by atoms with Gasteiger partial charge in [0.25, 0.3) is 0 Å². The van der Waals surface area contributed by atoms with Crippen molar-refractivity contribution in [2.24, 2.45) is 5.10 Å². The number of rotatable bonds is 6. The van der Waals surface area contributed by atoms with Gasteiger partial charge in [0.2, 0.25) is 0 Å². The second kappa shape index (κ2) is 7.76. The maximum absolute atomic E-state index is 11.3. The molecule has 3 aromatic rings. The Kier molecular flexibility index (Phi) is 5.23. The second-order valence-electron chi connectivity index (χ2n) is 5.42. The molecule has 1 heterocycles. The van der Waals surface area contributed by atoms with Crippen LogP contribution in [0.5, 0.6) is 0 Å². The molecule has 7 nitrogen and oxygen atoms in total. The first-order valence-electron chi connectivity index (χ1n) is 7.70. The number of benzene rings is 2. The van der Waals surface area contributed by atoms with Gasteiger partial charge in [0, 0.05) is 5.56 Å². The monoisotopic (exact) mass is 384 g/mol. The molecule has 8 heteroatoms. The third kappa shape index (κ3) is 4.16. The van der Waals surface area contributed by atoms with Crippen LogP contribution in [0.25, 0.3) is 11.3 Å². The van der Waals surface area contributed by atoms with Gasteiger partial charge in [0.15, 0.2) is 0 Å². The lowest BCUT2D eigenvalue weighted by atomic mass is 10.1. The Bertz CT molecular complexity index is 1040. The molecule has 136 valence electrons. The molecule has 27 heavy (non-hydrogen) atoms. The fourth-order valence-corrected chi connectivity index (χ4v) is 2.58. The Hall–Kier alpha value is -3.58. The van der Waals surface area contributed by atoms with Gasteiger partial charge in [-0.2, -0.15) is 5.10 Å². The number of carboxylic acids is 2. The van der Waals surface area contributed by atoms with Crippen LogP contribution in [-0.4, -0.2) is 28.4 Å². The van der Waals surface area contributed by atoms with Crippen molar-refractivity contribution in [3.05, 3.63) is 76.5 Å². The van der Waals surface area contributed by atoms with Gasteiger partial charge in [-0.1, -0.05) is 29.8 Å². The molecule has 0 saturated heterocycles. The standard InChI is InChI=1S/C19H13ClN2O5/c20-16-7-5-11(9-15(16)19(25)26)22-21-10-12-6-8-17(27-12)13-3-1-2-4-14(13)18(23)24/h1-10,22H,(H,23,24)(H,25,26)/b21-10+. The topological polar surface area (TPSA) is 112 Å². The summed E-state index contributed by atoms with van der Waals surface area (Å²) in [6.07, 6.45) is 1.39. The lowest BCUT2D eigenvalue weighted by molar-refractivity contribution is 0.0686. The number of hydrogen-bond donors (Lipinski definition) is 3. The molecule has 0 atom stereocenters. The summed E-state index contributed by atoms with van der Waals surface area (Å²) in [4.78, 5) is 22.4. The number of aromatic carboxylic acids is 2. The molecule has 2 aromatic carbocycles. The minimum Gasteiger partial charge on any atom is -0.478 e. The van der Waals surface area contributed by atoms with Gasteiger partial charge in [-0.15, -0.1) is 0 Å². The molecule has 0 aliphatic heterocycles. The SMILES string of the molecule is O=C(O)c1cc(N/N=C/c2ccc(-c3ccccc3C(=O)O)o2)ccc1Cl. The summed E-state index contributed by atoms with van der Waals surface area (Å²) in [5.41, 5.74) is 3.68. The van der Waals surface area contributed by atoms with Crippen molar-refractivity contribution < 1.29 is 24.2 Å². The van der Waals surface area contributed by atoms with Crippen molar-refractivity contribution in [3.8, 4) is 11.3 Å². The van der Waals surface area contributed by atoms with E-state index >= 15 is 0 Å². The van der Waals surface area contributed by atoms with Crippen LogP contribution in [0.4, 0.5) is 5.69 Å². The lowest BCUT2D eigenvalue weighted by Crippen LogP contribution is -1.99. The zero-order valence-corrected chi connectivity index (χ0v) is 14.5. The van der Waals surface area contributed by atoms with Gasteiger partial charge in [0.1, 0.15) is 11.5 Å². The fraction of sp³-hybridized carbons (Fsp3) is 0. The number of carboxylic acid groups (broad SMARTS) is 2. The summed E-state index contributed by atoms with van der Waals surface area (Å²) >= 11 is 5.81. The van der Waals surface area contributed by atoms with Gasteiger partial charge in [-0.3, -0.25) is 5.43 Å². The highest BCUT2D eigenvalue weighted by molar-refractivity contribution is 6.33. The zero-order chi connectivity index (χ0) is 19.4. The quantitative estimate of drug-likeness (QED) is 0.427. The van der Waals surface area contributed by atoms with Crippen molar-refractivity contribution >= 4 is 35.4 Å². The molecule has 0 aliphatic carbocycles. The molecular weight excluding hydrogens is 372 g/mol. The Morgan fingerprint density at radius 2 is 1.74 bits per heavy atom. The van der Waals surface area contributed by atoms with Crippen LogP contribution in [0.1, 0.15) is 26.5 Å². The van der Waals surface area contributed by atoms with Crippen LogP contribution >= 0.6 is 11.6 Å². The van der Waals surface area contributed by atoms with Crippen LogP contribution in [0, 0.1) is 0 Å². The van der Waals surface area contributed by atoms with Crippen LogP contribution in [0.2, 0.25) is 5.02 Å². The number of anilines is 1. The van der Waals surface area contributed by atoms with E-state index in [1.54, 1.807) is 36.4 Å². The van der Waals surface area contributed by atoms with E-state index in [4.69, 9.17) is 21.1 Å². The number of nitrogens with zero attached hydrogens (tertiary/aromatic N) is 1. The lowest BCUT2D eigenvalue weighted by Gasteiger charge is -2.03. The zero-order valence-electron chi connectivity index (χ0n) is 13.7. The minimum atomic E-state index is -1.14. The van der Waals surface area contributed by atoms with E-state index in [1.807, 2.05) is 0 Å². The number of hydrogen-bond acceptors (Lipinski definition) is 5. The maximum Gasteiger partial charge on any atom is 0.337 e. The fourth-order valence-electron chi connectivity index (χ4n) is 2.38. The van der Waals surface area contributed by atoms with Crippen LogP contribution in [0.3, 0.4) is 0 Å². The van der Waals surface area contributed by atoms with E-state index in [0.29, 0.717) is 22.8 Å². The first-order chi connectivity index (χ1) is 13.0. The third-order valence-corrected chi connectivity index (χ3v) is 3.96. The van der Waals surface area contributed by atoms with Gasteiger partial charge < -0.3 is 14.6 Å². The molecule has 0 radical (unpaired) electrons. The molecule has 3 N–H and O–H groups in total. The van der Waals surface area contributed by atoms with Gasteiger partial charge in [-0.05, 0) is 36.4 Å². The molecule has 3 rings (SSSR count). The molecule has 0 unspecified atom stereocenters. The van der Waals surface area contributed by atoms with Crippen molar-refractivity contribution in [3.63, 3.8) is 0 Å². The van der Waals surface area contributed by atoms with E-state index in [0.717, 1.165) is 0 Å². The Morgan fingerprint density at radius 1 is 1.00 bits per heavy atom. The predicted octanol–water partition coefficient (Wildman–Crippen LogP) is 4.44. The van der Waals surface area contributed by atoms with Crippen molar-refractivity contribution in [2.75, 3.05) is 5.43 Å². The van der Waals surface area contributed by atoms with Gasteiger partial charge >= 0.3 is 11.9 Å². The Balaban J connectivity index is 1.76. The summed E-state index contributed by atoms with van der Waals surface area (Å²) in [5.74, 6) is -1.39. The van der Waals surface area contributed by atoms with E-state index < -0.39 is 11.9 Å². The van der Waals surface area contributed by atoms with E-state index in [2.05, 4.69) is 10.5 Å². The van der Waals surface area contributed by atoms with Crippen molar-refractivity contribution in [2.45, 2.75) is 0 Å². The summed E-state index contributed by atoms with van der Waals surface area (Å²) in [6, 6.07) is 14.2. The van der Waals surface area contributed by atoms with E-state index in [-0.39, 0.29) is 16.1 Å². The third-order valence-electron chi connectivity index (χ3n) is 3.63. The summed E-state index contributed by atoms with van der Waals surface area (Å²) in [6.45, 7) is 0. The average molecular weight is 385 g/mol. The maximum atomic E-state index is 11.3. The van der Waals surface area contributed by atoms with Gasteiger partial charge in [0.05, 0.1) is 28.1 Å². The average Bonchev–Trinajstić information content (AvgIpc) is 3.11. The Morgan fingerprint density at radius 3 is 2.48 bits per heavy atom. The van der Waals surface area contributed by atoms with E-state index in [1.165, 1.54) is 24.4 Å². The molecule has 1 aromatic heterocycles. The molecule has 0 fully saturated rings. The molecular formula is C19H13ClN2O5. The minimum absolute atomic E-state index is 0.0394. The first-order valence-corrected chi connectivity index (χ1v) is 8.08. The second-order valence-corrected chi connectivity index (χ2v) is 5.83. The summed E-state index contributed by atoms with van der Waals surface area (Å²) in [7, 11) is 0. The number of hydrazone groups is 1. The van der Waals surface area contributed by atoms with Crippen molar-refractivity contribution in [1.82, 2.24) is 0 Å². The predicted molar refractivity (Wildman–Crippen MR) is 101 cm³/mol. The number of nitrogens with one attached hydrogen (secondary N) is 1. The molecule has 0 saturated carbocycles. The number of halogens is 1. The number of furan rings is 1. The van der Waals surface area contributed by atoms with Crippen LogP contribution in [0.15, 0.2) is 64.1 Å². The normalized spacial score (nSPS) is 10.9. The summed E-state index contributed by atoms with van der Waals surface area (Å²) < 4.78 is 5.61. The highest BCUT2D eigenvalue weighted by atomic mass is 35.5. The number of carbonyl (C=O) groups is 2. The molecule has 0 bridgehead atoms. The molecule has 0 spiro atoms. The Labute approximate surface area is 158 Å². The largest absolute Gasteiger partial charge is 0.478 e. The van der Waals surface area contributed by atoms with Crippen molar-refractivity contribution in [1.29, 1.82) is 0 Å². The first kappa shape index (κ1) is 18.2.